The topological polar surface area (TPSA) is 77.2 Å². The summed E-state index contributed by atoms with van der Waals surface area (Å²) in [7, 11) is 0. The maximum Gasteiger partial charge on any atom is 0.396 e. The van der Waals surface area contributed by atoms with Gasteiger partial charge in [0.15, 0.2) is 5.65 Å². The van der Waals surface area contributed by atoms with Crippen molar-refractivity contribution < 1.29 is 27.8 Å². The molecule has 0 radical (unpaired) electrons. The molecule has 9 heteroatoms. The molecule has 3 aromatic rings. The number of aromatic nitrogens is 3. The van der Waals surface area contributed by atoms with Crippen molar-refractivity contribution >= 4 is 17.0 Å². The number of pyridine rings is 1. The van der Waals surface area contributed by atoms with Crippen LogP contribution >= 0.6 is 0 Å². The first kappa shape index (κ1) is 19.4. The Hall–Kier alpha value is -2.94. The number of aromatic carboxylic acids is 1. The summed E-state index contributed by atoms with van der Waals surface area (Å²) in [4.78, 5) is 15.4. The van der Waals surface area contributed by atoms with Crippen LogP contribution in [-0.2, 0) is 11.2 Å². The second-order valence-corrected chi connectivity index (χ2v) is 7.25. The Morgan fingerprint density at radius 3 is 2.55 bits per heavy atom. The number of benzene rings is 1. The summed E-state index contributed by atoms with van der Waals surface area (Å²) >= 11 is 0. The lowest BCUT2D eigenvalue weighted by Crippen LogP contribution is -2.29. The van der Waals surface area contributed by atoms with Gasteiger partial charge in [0.25, 0.3) is 0 Å². The molecule has 4 rings (SSSR count). The lowest BCUT2D eigenvalue weighted by Gasteiger charge is -2.18. The van der Waals surface area contributed by atoms with Gasteiger partial charge in [0.05, 0.1) is 36.1 Å². The van der Waals surface area contributed by atoms with E-state index in [1.165, 1.54) is 12.1 Å². The third-order valence-corrected chi connectivity index (χ3v) is 5.19. The van der Waals surface area contributed by atoms with Crippen LogP contribution < -0.4 is 0 Å². The van der Waals surface area contributed by atoms with Crippen molar-refractivity contribution in [2.45, 2.75) is 25.4 Å². The lowest BCUT2D eigenvalue weighted by atomic mass is 10.1. The van der Waals surface area contributed by atoms with Gasteiger partial charge < -0.3 is 9.84 Å². The van der Waals surface area contributed by atoms with Crippen LogP contribution in [0.15, 0.2) is 42.7 Å². The standard InChI is InChI=1S/C20H18F3N3O3/c21-20(22,23)19(6-7-19)12-29-8-5-13-9-15-11-25-26(17(15)24-10-13)16-3-1-14(2-4-16)18(27)28/h1-4,9-11H,5-8,12H2,(H,27,28). The van der Waals surface area contributed by atoms with Gasteiger partial charge in [-0.3, -0.25) is 0 Å². The Labute approximate surface area is 163 Å². The molecule has 6 nitrogen and oxygen atoms in total. The minimum Gasteiger partial charge on any atom is -0.478 e. The maximum atomic E-state index is 12.9. The van der Waals surface area contributed by atoms with Crippen LogP contribution in [0.25, 0.3) is 16.7 Å². The number of rotatable bonds is 7. The van der Waals surface area contributed by atoms with Crippen molar-refractivity contribution in [2.75, 3.05) is 13.2 Å². The first-order chi connectivity index (χ1) is 13.8. The molecule has 1 aliphatic carbocycles. The molecule has 1 aliphatic rings. The van der Waals surface area contributed by atoms with Crippen LogP contribution in [0.5, 0.6) is 0 Å². The highest BCUT2D eigenvalue weighted by Gasteiger charge is 2.63. The van der Waals surface area contributed by atoms with Crippen molar-refractivity contribution in [1.29, 1.82) is 0 Å². The zero-order chi connectivity index (χ0) is 20.6. The molecule has 1 N–H and O–H groups in total. The molecule has 0 saturated heterocycles. The zero-order valence-corrected chi connectivity index (χ0v) is 15.3. The Morgan fingerprint density at radius 1 is 1.21 bits per heavy atom. The Morgan fingerprint density at radius 2 is 1.93 bits per heavy atom. The van der Waals surface area contributed by atoms with Gasteiger partial charge in [-0.05, 0) is 55.2 Å². The van der Waals surface area contributed by atoms with Gasteiger partial charge in [0.1, 0.15) is 0 Å². The molecule has 29 heavy (non-hydrogen) atoms. The number of carbonyl (C=O) groups is 1. The molecule has 0 atom stereocenters. The van der Waals surface area contributed by atoms with Gasteiger partial charge in [-0.25, -0.2) is 14.5 Å². The Bertz CT molecular complexity index is 1040. The van der Waals surface area contributed by atoms with Gasteiger partial charge in [0, 0.05) is 11.6 Å². The van der Waals surface area contributed by atoms with E-state index in [9.17, 15) is 18.0 Å². The molecular formula is C20H18F3N3O3. The molecule has 0 spiro atoms. The second kappa shape index (κ2) is 7.14. The molecule has 152 valence electrons. The van der Waals surface area contributed by atoms with E-state index in [0.29, 0.717) is 17.8 Å². The van der Waals surface area contributed by atoms with E-state index in [2.05, 4.69) is 10.1 Å². The molecule has 0 aliphatic heterocycles. The Balaban J connectivity index is 1.41. The smallest absolute Gasteiger partial charge is 0.396 e. The average molecular weight is 405 g/mol. The third kappa shape index (κ3) is 3.82. The first-order valence-electron chi connectivity index (χ1n) is 9.10. The molecule has 0 amide bonds. The molecule has 0 bridgehead atoms. The van der Waals surface area contributed by atoms with Crippen molar-refractivity contribution in [3.8, 4) is 5.69 Å². The highest BCUT2D eigenvalue weighted by molar-refractivity contribution is 5.87. The summed E-state index contributed by atoms with van der Waals surface area (Å²) in [6.45, 7) is -0.105. The normalized spacial score (nSPS) is 15.6. The summed E-state index contributed by atoms with van der Waals surface area (Å²) in [6, 6.07) is 8.15. The predicted molar refractivity (Wildman–Crippen MR) is 98.1 cm³/mol. The number of alkyl halides is 3. The number of nitrogens with zero attached hydrogens (tertiary/aromatic N) is 3. The molecular weight excluding hydrogens is 387 g/mol. The lowest BCUT2D eigenvalue weighted by molar-refractivity contribution is -0.201. The van der Waals surface area contributed by atoms with E-state index >= 15 is 0 Å². The van der Waals surface area contributed by atoms with Crippen molar-refractivity contribution in [3.05, 3.63) is 53.9 Å². The fourth-order valence-corrected chi connectivity index (χ4v) is 3.16. The number of carboxylic acids is 1. The van der Waals surface area contributed by atoms with Crippen LogP contribution in [-0.4, -0.2) is 45.2 Å². The monoisotopic (exact) mass is 405 g/mol. The summed E-state index contributed by atoms with van der Waals surface area (Å²) in [5.74, 6) is -1.00. The number of halogens is 3. The molecule has 2 aromatic heterocycles. The second-order valence-electron chi connectivity index (χ2n) is 7.25. The highest BCUT2D eigenvalue weighted by atomic mass is 19.4. The molecule has 0 unspecified atom stereocenters. The van der Waals surface area contributed by atoms with Gasteiger partial charge >= 0.3 is 12.1 Å². The zero-order valence-electron chi connectivity index (χ0n) is 15.3. The first-order valence-corrected chi connectivity index (χ1v) is 9.10. The van der Waals surface area contributed by atoms with Crippen molar-refractivity contribution in [1.82, 2.24) is 14.8 Å². The van der Waals surface area contributed by atoms with E-state index in [1.807, 2.05) is 6.07 Å². The van der Waals surface area contributed by atoms with E-state index in [4.69, 9.17) is 9.84 Å². The largest absolute Gasteiger partial charge is 0.478 e. The number of hydrogen-bond acceptors (Lipinski definition) is 4. The van der Waals surface area contributed by atoms with E-state index < -0.39 is 17.6 Å². The quantitative estimate of drug-likeness (QED) is 0.601. The number of carboxylic acid groups (broad SMARTS) is 1. The van der Waals surface area contributed by atoms with Gasteiger partial charge in [-0.2, -0.15) is 18.3 Å². The van der Waals surface area contributed by atoms with Crippen LogP contribution in [0, 0.1) is 5.41 Å². The van der Waals surface area contributed by atoms with Crippen molar-refractivity contribution in [3.63, 3.8) is 0 Å². The van der Waals surface area contributed by atoms with Crippen LogP contribution in [0.1, 0.15) is 28.8 Å². The highest BCUT2D eigenvalue weighted by Crippen LogP contribution is 2.57. The van der Waals surface area contributed by atoms with Crippen molar-refractivity contribution in [2.24, 2.45) is 5.41 Å². The Kier molecular flexibility index (Phi) is 4.77. The predicted octanol–water partition coefficient (Wildman–Crippen LogP) is 4.02. The average Bonchev–Trinajstić information content (AvgIpc) is 3.38. The maximum absolute atomic E-state index is 12.9. The van der Waals surface area contributed by atoms with Crippen LogP contribution in [0.3, 0.4) is 0 Å². The minimum atomic E-state index is -4.20. The van der Waals surface area contributed by atoms with Crippen LogP contribution in [0.2, 0.25) is 0 Å². The number of ether oxygens (including phenoxy) is 1. The third-order valence-electron chi connectivity index (χ3n) is 5.19. The van der Waals surface area contributed by atoms with Gasteiger partial charge in [0.2, 0.25) is 0 Å². The molecule has 1 aromatic carbocycles. The number of fused-ring (bicyclic) bond motifs is 1. The summed E-state index contributed by atoms with van der Waals surface area (Å²) in [6.07, 6.45) is -0.194. The van der Waals surface area contributed by atoms with E-state index in [-0.39, 0.29) is 31.6 Å². The van der Waals surface area contributed by atoms with Gasteiger partial charge in [-0.1, -0.05) is 0 Å². The van der Waals surface area contributed by atoms with Gasteiger partial charge in [-0.15, -0.1) is 0 Å². The SMILES string of the molecule is O=C(O)c1ccc(-n2ncc3cc(CCOCC4(C(F)(F)F)CC4)cnc32)cc1. The molecule has 1 saturated carbocycles. The van der Waals surface area contributed by atoms with E-state index in [0.717, 1.165) is 10.9 Å². The van der Waals surface area contributed by atoms with Crippen LogP contribution in [0.4, 0.5) is 13.2 Å². The number of hydrogen-bond donors (Lipinski definition) is 1. The minimum absolute atomic E-state index is 0.136. The fraction of sp³-hybridized carbons (Fsp3) is 0.350. The molecule has 2 heterocycles. The fourth-order valence-electron chi connectivity index (χ4n) is 3.16. The summed E-state index contributed by atoms with van der Waals surface area (Å²) < 4.78 is 45.6. The summed E-state index contributed by atoms with van der Waals surface area (Å²) in [5, 5.41) is 14.1. The summed E-state index contributed by atoms with van der Waals surface area (Å²) in [5.41, 5.74) is 0.656. The van der Waals surface area contributed by atoms with E-state index in [1.54, 1.807) is 29.2 Å². The molecule has 1 fully saturated rings.